The van der Waals surface area contributed by atoms with Gasteiger partial charge in [0.15, 0.2) is 5.78 Å². The first kappa shape index (κ1) is 16.9. The molecule has 1 aliphatic rings. The number of nitrogens with one attached hydrogen (secondary N) is 1. The lowest BCUT2D eigenvalue weighted by atomic mass is 9.97. The monoisotopic (exact) mass is 375 g/mol. The van der Waals surface area contributed by atoms with Crippen LogP contribution < -0.4 is 10.9 Å². The van der Waals surface area contributed by atoms with Crippen molar-refractivity contribution in [3.63, 3.8) is 0 Å². The van der Waals surface area contributed by atoms with E-state index in [2.05, 4.69) is 10.3 Å². The Labute approximate surface area is 146 Å². The molecule has 2 atom stereocenters. The van der Waals surface area contributed by atoms with Gasteiger partial charge in [0.25, 0.3) is 5.56 Å². The van der Waals surface area contributed by atoms with Gasteiger partial charge in [-0.15, -0.1) is 11.3 Å². The Hall–Kier alpha value is -0.990. The second-order valence-electron chi connectivity index (χ2n) is 5.56. The van der Waals surface area contributed by atoms with Crippen LogP contribution in [0.1, 0.15) is 19.3 Å². The molecule has 2 aromatic rings. The lowest BCUT2D eigenvalue weighted by Gasteiger charge is -2.28. The third-order valence-corrected chi connectivity index (χ3v) is 5.86. The zero-order chi connectivity index (χ0) is 16.6. The molecule has 0 bridgehead atoms. The van der Waals surface area contributed by atoms with Crippen molar-refractivity contribution >= 4 is 50.5 Å². The third kappa shape index (κ3) is 3.44. The molecular formula is C14H15Cl2N3O3S. The summed E-state index contributed by atoms with van der Waals surface area (Å²) < 4.78 is 1.90. The van der Waals surface area contributed by atoms with Crippen LogP contribution in [-0.4, -0.2) is 39.1 Å². The zero-order valence-electron chi connectivity index (χ0n) is 12.1. The molecular weight excluding hydrogens is 361 g/mol. The van der Waals surface area contributed by atoms with Crippen LogP contribution in [-0.2, 0) is 11.3 Å². The number of nitrogens with zero attached hydrogens (tertiary/aromatic N) is 2. The van der Waals surface area contributed by atoms with Gasteiger partial charge in [-0.1, -0.05) is 23.2 Å². The van der Waals surface area contributed by atoms with Gasteiger partial charge in [0.05, 0.1) is 24.0 Å². The Morgan fingerprint density at radius 1 is 1.52 bits per heavy atom. The van der Waals surface area contributed by atoms with E-state index in [0.29, 0.717) is 21.0 Å². The number of rotatable bonds is 4. The van der Waals surface area contributed by atoms with Gasteiger partial charge in [0.2, 0.25) is 0 Å². The molecule has 0 unspecified atom stereocenters. The fourth-order valence-corrected chi connectivity index (χ4v) is 4.16. The van der Waals surface area contributed by atoms with Crippen molar-refractivity contribution in [1.82, 2.24) is 14.9 Å². The average Bonchev–Trinajstić information content (AvgIpc) is 2.81. The number of fused-ring (bicyclic) bond motifs is 1. The van der Waals surface area contributed by atoms with Gasteiger partial charge in [-0.3, -0.25) is 14.2 Å². The number of aliphatic hydroxyl groups excluding tert-OH is 1. The predicted octanol–water partition coefficient (Wildman–Crippen LogP) is 1.84. The number of piperidine rings is 1. The number of thiophene rings is 1. The molecule has 3 rings (SSSR count). The van der Waals surface area contributed by atoms with E-state index in [9.17, 15) is 14.7 Å². The summed E-state index contributed by atoms with van der Waals surface area (Å²) in [6.07, 6.45) is 2.54. The lowest BCUT2D eigenvalue weighted by molar-refractivity contribution is -0.121. The van der Waals surface area contributed by atoms with Crippen molar-refractivity contribution in [2.45, 2.75) is 38.0 Å². The standard InChI is InChI=1S/C14H15Cl2N3O3S/c15-10-11-12(23-13(10)16)14(22)19(6-18-11)5-7(20)4-8-9(21)2-1-3-17-8/h6,8-9,17,21H,1-5H2/t8-,9+/m1/s1. The molecule has 9 heteroatoms. The maximum absolute atomic E-state index is 12.4. The van der Waals surface area contributed by atoms with E-state index in [4.69, 9.17) is 23.2 Å². The van der Waals surface area contributed by atoms with Crippen LogP contribution in [0.15, 0.2) is 11.1 Å². The van der Waals surface area contributed by atoms with Crippen LogP contribution >= 0.6 is 34.5 Å². The van der Waals surface area contributed by atoms with E-state index < -0.39 is 6.10 Å². The summed E-state index contributed by atoms with van der Waals surface area (Å²) in [5, 5.41) is 13.3. The molecule has 3 heterocycles. The third-order valence-electron chi connectivity index (χ3n) is 3.91. The summed E-state index contributed by atoms with van der Waals surface area (Å²) in [4.78, 5) is 28.7. The van der Waals surface area contributed by atoms with Crippen molar-refractivity contribution in [3.05, 3.63) is 26.0 Å². The van der Waals surface area contributed by atoms with E-state index in [0.717, 1.165) is 24.3 Å². The van der Waals surface area contributed by atoms with E-state index in [1.54, 1.807) is 0 Å². The summed E-state index contributed by atoms with van der Waals surface area (Å²) in [5.41, 5.74) is 0.0269. The van der Waals surface area contributed by atoms with Gasteiger partial charge >= 0.3 is 0 Å². The molecule has 0 radical (unpaired) electrons. The minimum Gasteiger partial charge on any atom is -0.391 e. The molecule has 0 saturated carbocycles. The fourth-order valence-electron chi connectivity index (χ4n) is 2.70. The highest BCUT2D eigenvalue weighted by atomic mass is 35.5. The number of aromatic nitrogens is 2. The summed E-state index contributed by atoms with van der Waals surface area (Å²) in [6.45, 7) is 0.703. The minimum atomic E-state index is -0.528. The molecule has 2 N–H and O–H groups in total. The number of Topliss-reactive ketones (excluding diaryl/α,β-unsaturated/α-hetero) is 1. The van der Waals surface area contributed by atoms with Crippen LogP contribution in [0.25, 0.3) is 10.2 Å². The second-order valence-corrected chi connectivity index (χ2v) is 7.56. The van der Waals surface area contributed by atoms with Gasteiger partial charge in [0, 0.05) is 12.5 Å². The maximum Gasteiger partial charge on any atom is 0.271 e. The number of hydrogen-bond donors (Lipinski definition) is 2. The maximum atomic E-state index is 12.4. The van der Waals surface area contributed by atoms with Crippen LogP contribution in [0.3, 0.4) is 0 Å². The number of halogens is 2. The molecule has 6 nitrogen and oxygen atoms in total. The molecule has 0 aromatic carbocycles. The summed E-state index contributed by atoms with van der Waals surface area (Å²) in [5.74, 6) is -0.138. The second kappa shape index (κ2) is 6.86. The number of carbonyl (C=O) groups is 1. The van der Waals surface area contributed by atoms with Crippen molar-refractivity contribution in [3.8, 4) is 0 Å². The minimum absolute atomic E-state index is 0.0835. The van der Waals surface area contributed by atoms with Crippen molar-refractivity contribution in [1.29, 1.82) is 0 Å². The first-order valence-electron chi connectivity index (χ1n) is 7.23. The highest BCUT2D eigenvalue weighted by Crippen LogP contribution is 2.35. The average molecular weight is 376 g/mol. The molecule has 1 fully saturated rings. The topological polar surface area (TPSA) is 84.2 Å². The van der Waals surface area contributed by atoms with Gasteiger partial charge in [0.1, 0.15) is 14.6 Å². The van der Waals surface area contributed by atoms with Crippen LogP contribution in [0.2, 0.25) is 9.36 Å². The van der Waals surface area contributed by atoms with Crippen LogP contribution in [0.5, 0.6) is 0 Å². The Morgan fingerprint density at radius 3 is 3.04 bits per heavy atom. The van der Waals surface area contributed by atoms with E-state index in [1.165, 1.54) is 10.9 Å². The smallest absolute Gasteiger partial charge is 0.271 e. The first-order chi connectivity index (χ1) is 11.0. The normalized spacial score (nSPS) is 21.7. The summed E-state index contributed by atoms with van der Waals surface area (Å²) >= 11 is 13.0. The molecule has 124 valence electrons. The van der Waals surface area contributed by atoms with Crippen molar-refractivity contribution in [2.75, 3.05) is 6.54 Å². The highest BCUT2D eigenvalue weighted by Gasteiger charge is 2.25. The van der Waals surface area contributed by atoms with E-state index >= 15 is 0 Å². The largest absolute Gasteiger partial charge is 0.391 e. The fraction of sp³-hybridized carbons (Fsp3) is 0.500. The summed E-state index contributed by atoms with van der Waals surface area (Å²) in [7, 11) is 0. The number of ketones is 1. The zero-order valence-corrected chi connectivity index (χ0v) is 14.4. The quantitative estimate of drug-likeness (QED) is 0.851. The SMILES string of the molecule is O=C(C[C@H]1NCCC[C@@H]1O)Cn1cnc2c(Cl)c(Cl)sc2c1=O. The van der Waals surface area contributed by atoms with Crippen molar-refractivity contribution in [2.24, 2.45) is 0 Å². The Morgan fingerprint density at radius 2 is 2.30 bits per heavy atom. The highest BCUT2D eigenvalue weighted by molar-refractivity contribution is 7.23. The molecule has 0 amide bonds. The molecule has 2 aromatic heterocycles. The molecule has 1 saturated heterocycles. The predicted molar refractivity (Wildman–Crippen MR) is 90.6 cm³/mol. The van der Waals surface area contributed by atoms with Gasteiger partial charge in [-0.2, -0.15) is 0 Å². The van der Waals surface area contributed by atoms with E-state index in [1.807, 2.05) is 0 Å². The number of aliphatic hydroxyl groups is 1. The summed E-state index contributed by atoms with van der Waals surface area (Å²) in [6, 6.07) is -0.255. The van der Waals surface area contributed by atoms with Gasteiger partial charge in [-0.25, -0.2) is 4.98 Å². The Kier molecular flexibility index (Phi) is 5.03. The van der Waals surface area contributed by atoms with Crippen LogP contribution in [0.4, 0.5) is 0 Å². The Balaban J connectivity index is 1.77. The van der Waals surface area contributed by atoms with Crippen LogP contribution in [0, 0.1) is 0 Å². The van der Waals surface area contributed by atoms with Crippen molar-refractivity contribution < 1.29 is 9.90 Å². The molecule has 0 aliphatic carbocycles. The first-order valence-corrected chi connectivity index (χ1v) is 8.80. The lowest BCUT2D eigenvalue weighted by Crippen LogP contribution is -2.46. The van der Waals surface area contributed by atoms with Gasteiger partial charge < -0.3 is 10.4 Å². The number of carbonyl (C=O) groups excluding carboxylic acids is 1. The Bertz CT molecular complexity index is 804. The molecule has 0 spiro atoms. The van der Waals surface area contributed by atoms with E-state index in [-0.39, 0.29) is 35.4 Å². The van der Waals surface area contributed by atoms with Gasteiger partial charge in [-0.05, 0) is 19.4 Å². The molecule has 23 heavy (non-hydrogen) atoms. The molecule has 1 aliphatic heterocycles. The number of hydrogen-bond acceptors (Lipinski definition) is 6.